The van der Waals surface area contributed by atoms with Gasteiger partial charge in [0.15, 0.2) is 0 Å². The second-order valence-electron chi connectivity index (χ2n) is 4.57. The molecular weight excluding hydrogens is 174 g/mol. The summed E-state index contributed by atoms with van der Waals surface area (Å²) in [5.74, 6) is 0.394. The molecule has 1 rings (SSSR count). The lowest BCUT2D eigenvalue weighted by Gasteiger charge is -2.24. The fraction of sp³-hybridized carbons (Fsp3) is 0.583. The highest BCUT2D eigenvalue weighted by Crippen LogP contribution is 2.29. The van der Waals surface area contributed by atoms with Gasteiger partial charge in [-0.2, -0.15) is 0 Å². The molecule has 0 saturated carbocycles. The van der Waals surface area contributed by atoms with Crippen LogP contribution in [0.15, 0.2) is 12.3 Å². The summed E-state index contributed by atoms with van der Waals surface area (Å²) in [4.78, 5) is 4.26. The molecule has 0 unspecified atom stereocenters. The van der Waals surface area contributed by atoms with Gasteiger partial charge in [0.1, 0.15) is 0 Å². The lowest BCUT2D eigenvalue weighted by molar-refractivity contribution is 0.0771. The molecule has 0 aliphatic rings. The third-order valence-electron chi connectivity index (χ3n) is 2.43. The smallest absolute Gasteiger partial charge is 0.0844 e. The fourth-order valence-electron chi connectivity index (χ4n) is 1.84. The molecule has 2 heteroatoms. The minimum absolute atomic E-state index is 0.394. The van der Waals surface area contributed by atoms with Gasteiger partial charge < -0.3 is 5.11 Å². The van der Waals surface area contributed by atoms with E-state index in [-0.39, 0.29) is 0 Å². The number of aromatic nitrogens is 1. The van der Waals surface area contributed by atoms with Crippen LogP contribution in [-0.2, 0) is 5.60 Å². The number of nitrogens with zero attached hydrogens (tertiary/aromatic N) is 1. The second-order valence-corrected chi connectivity index (χ2v) is 4.57. The number of pyridine rings is 1. The van der Waals surface area contributed by atoms with Crippen LogP contribution in [-0.4, -0.2) is 10.1 Å². The van der Waals surface area contributed by atoms with Crippen LogP contribution in [0.4, 0.5) is 0 Å². The van der Waals surface area contributed by atoms with Crippen molar-refractivity contribution in [2.24, 2.45) is 0 Å². The van der Waals surface area contributed by atoms with Gasteiger partial charge in [-0.05, 0) is 43.9 Å². The Morgan fingerprint density at radius 2 is 1.93 bits per heavy atom. The Hall–Kier alpha value is -0.890. The third-order valence-corrected chi connectivity index (χ3v) is 2.43. The Morgan fingerprint density at radius 1 is 1.36 bits per heavy atom. The van der Waals surface area contributed by atoms with E-state index in [1.165, 1.54) is 5.56 Å². The van der Waals surface area contributed by atoms with Crippen LogP contribution in [0.1, 0.15) is 50.4 Å². The summed E-state index contributed by atoms with van der Waals surface area (Å²) < 4.78 is 0. The van der Waals surface area contributed by atoms with Crippen LogP contribution < -0.4 is 0 Å². The Balaban J connectivity index is 3.36. The fourth-order valence-corrected chi connectivity index (χ4v) is 1.84. The molecule has 0 radical (unpaired) electrons. The standard InChI is InChI=1S/C12H19NO/c1-8(2)11-9(3)13-7-6-10(11)12(4,5)14/h6-8,14H,1-5H3. The molecule has 0 bridgehead atoms. The SMILES string of the molecule is Cc1nccc(C(C)(C)O)c1C(C)C. The molecule has 1 N–H and O–H groups in total. The maximum Gasteiger partial charge on any atom is 0.0844 e. The molecule has 78 valence electrons. The van der Waals surface area contributed by atoms with Crippen molar-refractivity contribution in [3.8, 4) is 0 Å². The highest BCUT2D eigenvalue weighted by atomic mass is 16.3. The molecule has 1 aromatic rings. The Morgan fingerprint density at radius 3 is 2.29 bits per heavy atom. The molecular formula is C12H19NO. The van der Waals surface area contributed by atoms with Crippen LogP contribution in [0, 0.1) is 6.92 Å². The first-order chi connectivity index (χ1) is 6.34. The molecule has 0 aromatic carbocycles. The average Bonchev–Trinajstić information content (AvgIpc) is 2.01. The van der Waals surface area contributed by atoms with E-state index in [1.54, 1.807) is 6.20 Å². The van der Waals surface area contributed by atoms with Crippen molar-refractivity contribution in [2.75, 3.05) is 0 Å². The van der Waals surface area contributed by atoms with E-state index in [0.29, 0.717) is 5.92 Å². The van der Waals surface area contributed by atoms with Crippen LogP contribution in [0.25, 0.3) is 0 Å². The number of aryl methyl sites for hydroxylation is 1. The Bertz CT molecular complexity index is 324. The number of hydrogen-bond donors (Lipinski definition) is 1. The summed E-state index contributed by atoms with van der Waals surface area (Å²) in [6.45, 7) is 9.87. The van der Waals surface area contributed by atoms with Crippen molar-refractivity contribution in [1.29, 1.82) is 0 Å². The molecule has 0 saturated heterocycles. The first kappa shape index (κ1) is 11.2. The first-order valence-corrected chi connectivity index (χ1v) is 5.02. The molecule has 2 nitrogen and oxygen atoms in total. The van der Waals surface area contributed by atoms with Crippen LogP contribution in [0.5, 0.6) is 0 Å². The summed E-state index contributed by atoms with van der Waals surface area (Å²) in [5.41, 5.74) is 2.38. The van der Waals surface area contributed by atoms with Gasteiger partial charge in [0.2, 0.25) is 0 Å². The van der Waals surface area contributed by atoms with E-state index in [2.05, 4.69) is 18.8 Å². The van der Waals surface area contributed by atoms with Gasteiger partial charge in [-0.15, -0.1) is 0 Å². The van der Waals surface area contributed by atoms with E-state index >= 15 is 0 Å². The predicted octanol–water partition coefficient (Wildman–Crippen LogP) is 2.74. The van der Waals surface area contributed by atoms with Gasteiger partial charge in [-0.25, -0.2) is 0 Å². The minimum atomic E-state index is -0.784. The number of rotatable bonds is 2. The van der Waals surface area contributed by atoms with E-state index < -0.39 is 5.60 Å². The zero-order valence-electron chi connectivity index (χ0n) is 9.63. The molecule has 0 spiro atoms. The van der Waals surface area contributed by atoms with Crippen LogP contribution in [0.3, 0.4) is 0 Å². The van der Waals surface area contributed by atoms with Gasteiger partial charge in [-0.1, -0.05) is 13.8 Å². The molecule has 0 fully saturated rings. The van der Waals surface area contributed by atoms with Crippen molar-refractivity contribution < 1.29 is 5.11 Å². The Kier molecular flexibility index (Phi) is 2.95. The van der Waals surface area contributed by atoms with Gasteiger partial charge in [-0.3, -0.25) is 4.98 Å². The summed E-state index contributed by atoms with van der Waals surface area (Å²) in [5, 5.41) is 10.0. The van der Waals surface area contributed by atoms with Gasteiger partial charge >= 0.3 is 0 Å². The zero-order chi connectivity index (χ0) is 10.9. The molecule has 1 heterocycles. The summed E-state index contributed by atoms with van der Waals surface area (Å²) >= 11 is 0. The van der Waals surface area contributed by atoms with Gasteiger partial charge in [0.25, 0.3) is 0 Å². The molecule has 0 atom stereocenters. The monoisotopic (exact) mass is 193 g/mol. The summed E-state index contributed by atoms with van der Waals surface area (Å²) in [6.07, 6.45) is 1.76. The molecule has 14 heavy (non-hydrogen) atoms. The van der Waals surface area contributed by atoms with Crippen LogP contribution >= 0.6 is 0 Å². The highest BCUT2D eigenvalue weighted by Gasteiger charge is 2.22. The van der Waals surface area contributed by atoms with Crippen molar-refractivity contribution in [3.63, 3.8) is 0 Å². The van der Waals surface area contributed by atoms with Crippen molar-refractivity contribution in [2.45, 2.75) is 46.1 Å². The molecule has 0 aliphatic carbocycles. The third kappa shape index (κ3) is 2.13. The van der Waals surface area contributed by atoms with Gasteiger partial charge in [0.05, 0.1) is 5.60 Å². The van der Waals surface area contributed by atoms with E-state index in [9.17, 15) is 5.11 Å². The number of aliphatic hydroxyl groups is 1. The normalized spacial score (nSPS) is 12.2. The molecule has 1 aromatic heterocycles. The largest absolute Gasteiger partial charge is 0.386 e. The lowest BCUT2D eigenvalue weighted by atomic mass is 9.87. The zero-order valence-corrected chi connectivity index (χ0v) is 9.63. The topological polar surface area (TPSA) is 33.1 Å². The maximum absolute atomic E-state index is 10.0. The van der Waals surface area contributed by atoms with E-state index in [4.69, 9.17) is 0 Å². The molecule has 0 aliphatic heterocycles. The first-order valence-electron chi connectivity index (χ1n) is 5.02. The molecule has 0 amide bonds. The summed E-state index contributed by atoms with van der Waals surface area (Å²) in [6, 6.07) is 1.91. The number of hydrogen-bond acceptors (Lipinski definition) is 2. The minimum Gasteiger partial charge on any atom is -0.386 e. The van der Waals surface area contributed by atoms with Crippen molar-refractivity contribution in [3.05, 3.63) is 29.1 Å². The average molecular weight is 193 g/mol. The predicted molar refractivity (Wildman–Crippen MR) is 58.3 cm³/mol. The second kappa shape index (κ2) is 3.70. The van der Waals surface area contributed by atoms with Crippen molar-refractivity contribution >= 4 is 0 Å². The van der Waals surface area contributed by atoms with Gasteiger partial charge in [0, 0.05) is 11.9 Å². The quantitative estimate of drug-likeness (QED) is 0.783. The van der Waals surface area contributed by atoms with Crippen LogP contribution in [0.2, 0.25) is 0 Å². The van der Waals surface area contributed by atoms with Crippen molar-refractivity contribution in [1.82, 2.24) is 4.98 Å². The lowest BCUT2D eigenvalue weighted by Crippen LogP contribution is -2.19. The van der Waals surface area contributed by atoms with E-state index in [1.807, 2.05) is 26.8 Å². The Labute approximate surface area is 86.0 Å². The van der Waals surface area contributed by atoms with E-state index in [0.717, 1.165) is 11.3 Å². The summed E-state index contributed by atoms with van der Waals surface area (Å²) in [7, 11) is 0. The maximum atomic E-state index is 10.0. The highest BCUT2D eigenvalue weighted by molar-refractivity contribution is 5.35.